The van der Waals surface area contributed by atoms with Gasteiger partial charge in [-0.25, -0.2) is 0 Å². The molecule has 13 aromatic rings. The van der Waals surface area contributed by atoms with Gasteiger partial charge in [0, 0.05) is 17.4 Å². The SMILES string of the molecule is [2H]c1c([2H])c([2H])c(-c2cnc(N3c4cc(Oc5cccc(-n6[c](=[Pt])n(-c7c(-c8ccccc8)cccc7-c7ccccc7)c7ccccc76)c5)ccc4C4(c5ccccc5N(c5ccccc5)c5ccccc54)c4cc(C(C)(C)C)ccc43)cc2C)c([2H])c1[2H]. The Hall–Kier alpha value is -9.87. The van der Waals surface area contributed by atoms with Crippen molar-refractivity contribution in [2.24, 2.45) is 0 Å². The summed E-state index contributed by atoms with van der Waals surface area (Å²) in [5, 5.41) is 0. The van der Waals surface area contributed by atoms with Crippen molar-refractivity contribution in [3.05, 3.63) is 322 Å². The topological polar surface area (TPSA) is 38.5 Å². The molecule has 11 aromatic carbocycles. The molecule has 2 aliphatic rings. The van der Waals surface area contributed by atoms with Gasteiger partial charge in [0.2, 0.25) is 0 Å². The minimum Gasteiger partial charge on any atom is -0.0616 e. The molecule has 0 saturated heterocycles. The van der Waals surface area contributed by atoms with E-state index in [9.17, 15) is 0 Å². The third kappa shape index (κ3) is 8.57. The molecular weight excluding hydrogens is 1220 g/mol. The first-order chi connectivity index (χ1) is 43.7. The van der Waals surface area contributed by atoms with E-state index in [4.69, 9.17) is 16.6 Å². The number of fused-ring (bicyclic) bond motifs is 9. The fourth-order valence-electron chi connectivity index (χ4n) is 13.0. The van der Waals surface area contributed by atoms with E-state index in [1.54, 1.807) is 6.20 Å². The molecular formula is C78H59N5OPt. The van der Waals surface area contributed by atoms with Crippen LogP contribution in [0.5, 0.6) is 11.5 Å². The molecule has 2 aliphatic heterocycles. The maximum absolute atomic E-state index is 8.99. The molecule has 15 rings (SSSR count). The molecule has 0 saturated carbocycles. The minimum absolute atomic E-state index is 0.105. The average molecular weight is 1280 g/mol. The van der Waals surface area contributed by atoms with Gasteiger partial charge in [0.15, 0.2) is 0 Å². The monoisotopic (exact) mass is 1280 g/mol. The first kappa shape index (κ1) is 46.6. The van der Waals surface area contributed by atoms with Crippen LogP contribution in [-0.2, 0) is 30.2 Å². The number of hydrogen-bond donors (Lipinski definition) is 0. The van der Waals surface area contributed by atoms with Crippen LogP contribution in [0.1, 0.15) is 61.0 Å². The molecule has 1 spiro atoms. The predicted octanol–water partition coefficient (Wildman–Crippen LogP) is 20.2. The van der Waals surface area contributed by atoms with Gasteiger partial charge in [0.05, 0.1) is 18.2 Å². The zero-order valence-corrected chi connectivity index (χ0v) is 49.5. The van der Waals surface area contributed by atoms with Gasteiger partial charge in [0.1, 0.15) is 0 Å². The van der Waals surface area contributed by atoms with E-state index in [0.29, 0.717) is 28.4 Å². The molecule has 2 aromatic heterocycles. The number of imidazole rings is 1. The fourth-order valence-corrected chi connectivity index (χ4v) is 14.1. The standard InChI is InChI=1S/C78H59N5O.Pt/c1-53-47-75(79-51-64(53)56-29-13-7-14-30-56)83-71-46-43-57(77(2,3)4)48-68(71)78(65-37-17-19-39-69(65)82(58-31-15-8-16-32-58)70-40-20-18-38-66(70)78)67-45-44-61(50-74(67)83)84-60-34-23-33-59(49-60)80-52-81(73-42-22-21-41-72(73)80)76-62(54-25-9-5-10-26-54)35-24-36-63(76)55-27-11-6-12-28-55;/h5-51H,1-4H3;/i7D,13D,14D,29D,30D;. The number of anilines is 6. The summed E-state index contributed by atoms with van der Waals surface area (Å²) in [6, 6.07) is 86.2. The van der Waals surface area contributed by atoms with E-state index in [0.717, 1.165) is 105 Å². The molecule has 7 heteroatoms. The second kappa shape index (κ2) is 20.8. The maximum atomic E-state index is 8.99. The van der Waals surface area contributed by atoms with Crippen LogP contribution in [0.4, 0.5) is 34.3 Å². The average Bonchev–Trinajstić information content (AvgIpc) is 0.865. The number of rotatable bonds is 9. The number of nitrogens with zero attached hydrogens (tertiary/aromatic N) is 5. The van der Waals surface area contributed by atoms with Crippen LogP contribution >= 0.6 is 0 Å². The molecule has 412 valence electrons. The minimum atomic E-state index is -0.900. The first-order valence-electron chi connectivity index (χ1n) is 31.1. The second-order valence-corrected chi connectivity index (χ2v) is 23.8. The van der Waals surface area contributed by atoms with Gasteiger partial charge in [-0.1, -0.05) is 118 Å². The van der Waals surface area contributed by atoms with Gasteiger partial charge in [-0.2, -0.15) is 0 Å². The van der Waals surface area contributed by atoms with Gasteiger partial charge in [-0.05, 0) is 53.3 Å². The van der Waals surface area contributed by atoms with Crippen LogP contribution < -0.4 is 14.5 Å². The summed E-state index contributed by atoms with van der Waals surface area (Å²) in [6.45, 7) is 8.67. The molecule has 0 bridgehead atoms. The van der Waals surface area contributed by atoms with Crippen LogP contribution in [0.3, 0.4) is 0 Å². The quantitative estimate of drug-likeness (QED) is 0.144. The molecule has 4 heterocycles. The summed E-state index contributed by atoms with van der Waals surface area (Å²) < 4.78 is 56.4. The van der Waals surface area contributed by atoms with Gasteiger partial charge < -0.3 is 4.90 Å². The number of pyridine rings is 1. The first-order valence-corrected chi connectivity index (χ1v) is 29.7. The van der Waals surface area contributed by atoms with E-state index < -0.39 is 23.5 Å². The number of para-hydroxylation sites is 6. The van der Waals surface area contributed by atoms with E-state index in [1.807, 2.05) is 25.1 Å². The zero-order valence-electron chi connectivity index (χ0n) is 52.2. The summed E-state index contributed by atoms with van der Waals surface area (Å²) in [6.07, 6.45) is 1.65. The molecule has 0 radical (unpaired) electrons. The Kier molecular flexibility index (Phi) is 11.4. The smallest absolute Gasteiger partial charge is 0.0616 e. The number of aromatic nitrogens is 3. The Bertz CT molecular complexity index is 4970. The van der Waals surface area contributed by atoms with Crippen molar-refractivity contribution < 1.29 is 30.9 Å². The van der Waals surface area contributed by atoms with Crippen molar-refractivity contribution in [2.75, 3.05) is 9.80 Å². The Morgan fingerprint density at radius 3 is 1.65 bits per heavy atom. The second-order valence-electron chi connectivity index (χ2n) is 22.7. The molecule has 0 atom stereocenters. The van der Waals surface area contributed by atoms with Gasteiger partial charge in [-0.3, -0.25) is 0 Å². The number of hydrogen-bond acceptors (Lipinski definition) is 4. The van der Waals surface area contributed by atoms with E-state index in [2.05, 4.69) is 290 Å². The molecule has 85 heavy (non-hydrogen) atoms. The fraction of sp³-hybridized carbons (Fsp3) is 0.0769. The molecule has 6 nitrogen and oxygen atoms in total. The van der Waals surface area contributed by atoms with Crippen molar-refractivity contribution in [1.29, 1.82) is 0 Å². The van der Waals surface area contributed by atoms with Crippen molar-refractivity contribution >= 4 is 45.3 Å². The predicted molar refractivity (Wildman–Crippen MR) is 345 cm³/mol. The van der Waals surface area contributed by atoms with E-state index >= 15 is 0 Å². The number of aryl methyl sites for hydroxylation is 1. The Labute approximate surface area is 514 Å². The zero-order chi connectivity index (χ0) is 61.7. The number of ether oxygens (including phenoxy) is 1. The summed E-state index contributed by atoms with van der Waals surface area (Å²) >= 11 is 2.49. The number of benzene rings is 11. The van der Waals surface area contributed by atoms with Crippen LogP contribution in [0.25, 0.3) is 55.8 Å². The summed E-state index contributed by atoms with van der Waals surface area (Å²) in [4.78, 5) is 9.83. The summed E-state index contributed by atoms with van der Waals surface area (Å²) in [7, 11) is 0. The third-order valence-electron chi connectivity index (χ3n) is 16.8. The van der Waals surface area contributed by atoms with Gasteiger partial charge >= 0.3 is 306 Å². The van der Waals surface area contributed by atoms with Gasteiger partial charge in [0.25, 0.3) is 0 Å². The van der Waals surface area contributed by atoms with Crippen molar-refractivity contribution in [2.45, 2.75) is 38.5 Å². The summed E-state index contributed by atoms with van der Waals surface area (Å²) in [5.74, 6) is 1.82. The normalized spacial score (nSPS) is 13.9. The third-order valence-corrected chi connectivity index (χ3v) is 17.8. The Balaban J connectivity index is 0.939. The van der Waals surface area contributed by atoms with Crippen molar-refractivity contribution in [1.82, 2.24) is 14.1 Å². The molecule has 0 aliphatic carbocycles. The van der Waals surface area contributed by atoms with Crippen LogP contribution in [0.15, 0.2) is 285 Å². The van der Waals surface area contributed by atoms with E-state index in [1.165, 1.54) is 0 Å². The summed E-state index contributed by atoms with van der Waals surface area (Å²) in [5.41, 5.74) is 19.0. The van der Waals surface area contributed by atoms with Crippen molar-refractivity contribution in [3.63, 3.8) is 0 Å². The Morgan fingerprint density at radius 1 is 0.447 bits per heavy atom. The Morgan fingerprint density at radius 2 is 1.00 bits per heavy atom. The van der Waals surface area contributed by atoms with Crippen LogP contribution in [0.2, 0.25) is 0 Å². The van der Waals surface area contributed by atoms with Crippen molar-refractivity contribution in [3.8, 4) is 56.3 Å². The van der Waals surface area contributed by atoms with E-state index in [-0.39, 0.29) is 23.1 Å². The van der Waals surface area contributed by atoms with Crippen LogP contribution in [-0.4, -0.2) is 14.1 Å². The molecule has 0 unspecified atom stereocenters. The molecule has 0 fully saturated rings. The molecule has 0 N–H and O–H groups in total. The molecule has 0 amide bonds. The van der Waals surface area contributed by atoms with Crippen LogP contribution in [0, 0.1) is 10.7 Å². The van der Waals surface area contributed by atoms with Gasteiger partial charge in [-0.15, -0.1) is 0 Å².